The van der Waals surface area contributed by atoms with Crippen molar-refractivity contribution >= 4 is 28.4 Å². The highest BCUT2D eigenvalue weighted by Crippen LogP contribution is 2.29. The Morgan fingerprint density at radius 1 is 1.15 bits per heavy atom. The quantitative estimate of drug-likeness (QED) is 0.609. The van der Waals surface area contributed by atoms with Crippen LogP contribution in [0, 0.1) is 11.7 Å². The van der Waals surface area contributed by atoms with Crippen molar-refractivity contribution in [3.63, 3.8) is 0 Å². The van der Waals surface area contributed by atoms with Crippen LogP contribution >= 0.6 is 0 Å². The number of carbonyl (C=O) groups is 2. The van der Waals surface area contributed by atoms with Crippen LogP contribution in [0.1, 0.15) is 12.0 Å². The SMILES string of the molecule is COc1ccccc1N1CCN(C(=O)[C@@H]2CC(=O)N(CCc3c[nH]c4ccc(F)cc34)C2)CC1. The van der Waals surface area contributed by atoms with Gasteiger partial charge in [0.2, 0.25) is 11.8 Å². The molecule has 1 N–H and O–H groups in total. The maximum Gasteiger partial charge on any atom is 0.228 e. The molecule has 1 aromatic heterocycles. The lowest BCUT2D eigenvalue weighted by atomic mass is 10.1. The number of amides is 2. The van der Waals surface area contributed by atoms with Crippen molar-refractivity contribution in [2.24, 2.45) is 5.92 Å². The summed E-state index contributed by atoms with van der Waals surface area (Å²) in [6.45, 7) is 3.68. The molecule has 2 fully saturated rings. The Hall–Kier alpha value is -3.55. The molecule has 2 aliphatic rings. The van der Waals surface area contributed by atoms with Crippen LogP contribution in [0.4, 0.5) is 10.1 Å². The van der Waals surface area contributed by atoms with Crippen LogP contribution in [0.5, 0.6) is 5.75 Å². The third kappa shape index (κ3) is 4.32. The Balaban J connectivity index is 1.16. The Labute approximate surface area is 198 Å². The number of aromatic amines is 1. The smallest absolute Gasteiger partial charge is 0.228 e. The number of nitrogens with zero attached hydrogens (tertiary/aromatic N) is 3. The number of carbonyl (C=O) groups excluding carboxylic acids is 2. The number of rotatable bonds is 6. The van der Waals surface area contributed by atoms with Crippen molar-refractivity contribution in [2.45, 2.75) is 12.8 Å². The minimum Gasteiger partial charge on any atom is -0.495 e. The Morgan fingerprint density at radius 3 is 2.74 bits per heavy atom. The zero-order valence-corrected chi connectivity index (χ0v) is 19.3. The van der Waals surface area contributed by atoms with Crippen LogP contribution < -0.4 is 9.64 Å². The molecule has 178 valence electrons. The summed E-state index contributed by atoms with van der Waals surface area (Å²) in [5.74, 6) is 0.326. The highest BCUT2D eigenvalue weighted by atomic mass is 19.1. The summed E-state index contributed by atoms with van der Waals surface area (Å²) in [6.07, 6.45) is 2.75. The fourth-order valence-electron chi connectivity index (χ4n) is 5.08. The van der Waals surface area contributed by atoms with E-state index in [-0.39, 0.29) is 30.0 Å². The van der Waals surface area contributed by atoms with Gasteiger partial charge in [-0.05, 0) is 42.3 Å². The van der Waals surface area contributed by atoms with Gasteiger partial charge in [-0.3, -0.25) is 9.59 Å². The van der Waals surface area contributed by atoms with Crippen LogP contribution in [-0.2, 0) is 16.0 Å². The first-order valence-electron chi connectivity index (χ1n) is 11.7. The molecule has 0 bridgehead atoms. The molecule has 3 heterocycles. The van der Waals surface area contributed by atoms with Gasteiger partial charge in [0.05, 0.1) is 18.7 Å². The predicted molar refractivity (Wildman–Crippen MR) is 128 cm³/mol. The average molecular weight is 465 g/mol. The molecule has 0 unspecified atom stereocenters. The lowest BCUT2D eigenvalue weighted by molar-refractivity contribution is -0.136. The molecule has 0 saturated carbocycles. The molecule has 34 heavy (non-hydrogen) atoms. The predicted octanol–water partition coefficient (Wildman–Crippen LogP) is 3.06. The molecular formula is C26H29FN4O3. The summed E-state index contributed by atoms with van der Waals surface area (Å²) < 4.78 is 19.1. The van der Waals surface area contributed by atoms with Crippen molar-refractivity contribution < 1.29 is 18.7 Å². The van der Waals surface area contributed by atoms with Gasteiger partial charge in [-0.15, -0.1) is 0 Å². The van der Waals surface area contributed by atoms with E-state index in [0.717, 1.165) is 41.0 Å². The molecule has 8 heteroatoms. The number of para-hydroxylation sites is 2. The number of methoxy groups -OCH3 is 1. The van der Waals surface area contributed by atoms with E-state index in [4.69, 9.17) is 4.74 Å². The van der Waals surface area contributed by atoms with Gasteiger partial charge in [-0.25, -0.2) is 4.39 Å². The molecular weight excluding hydrogens is 435 g/mol. The second-order valence-electron chi connectivity index (χ2n) is 8.98. The zero-order chi connectivity index (χ0) is 23.7. The number of benzene rings is 2. The number of nitrogens with one attached hydrogen (secondary N) is 1. The summed E-state index contributed by atoms with van der Waals surface area (Å²) in [5.41, 5.74) is 2.89. The van der Waals surface area contributed by atoms with E-state index in [1.807, 2.05) is 35.4 Å². The number of anilines is 1. The van der Waals surface area contributed by atoms with Gasteiger partial charge in [0.15, 0.2) is 0 Å². The molecule has 2 aliphatic heterocycles. The highest BCUT2D eigenvalue weighted by Gasteiger charge is 2.37. The van der Waals surface area contributed by atoms with E-state index in [1.54, 1.807) is 18.1 Å². The van der Waals surface area contributed by atoms with Crippen molar-refractivity contribution in [2.75, 3.05) is 51.3 Å². The van der Waals surface area contributed by atoms with Crippen molar-refractivity contribution in [1.82, 2.24) is 14.8 Å². The molecule has 2 amide bonds. The lowest BCUT2D eigenvalue weighted by Crippen LogP contribution is -2.50. The lowest BCUT2D eigenvalue weighted by Gasteiger charge is -2.37. The maximum atomic E-state index is 13.6. The number of fused-ring (bicyclic) bond motifs is 1. The molecule has 1 atom stereocenters. The van der Waals surface area contributed by atoms with E-state index in [9.17, 15) is 14.0 Å². The molecule has 0 radical (unpaired) electrons. The third-order valence-electron chi connectivity index (χ3n) is 6.96. The fraction of sp³-hybridized carbons (Fsp3) is 0.385. The second kappa shape index (κ2) is 9.37. The van der Waals surface area contributed by atoms with Crippen molar-refractivity contribution in [3.05, 3.63) is 60.0 Å². The summed E-state index contributed by atoms with van der Waals surface area (Å²) >= 11 is 0. The van der Waals surface area contributed by atoms with Crippen molar-refractivity contribution in [3.8, 4) is 5.75 Å². The first-order chi connectivity index (χ1) is 16.5. The van der Waals surface area contributed by atoms with E-state index in [0.29, 0.717) is 32.6 Å². The van der Waals surface area contributed by atoms with E-state index in [1.165, 1.54) is 12.1 Å². The second-order valence-corrected chi connectivity index (χ2v) is 8.98. The Kier molecular flexibility index (Phi) is 6.13. The van der Waals surface area contributed by atoms with Crippen molar-refractivity contribution in [1.29, 1.82) is 0 Å². The van der Waals surface area contributed by atoms with Gasteiger partial charge in [-0.2, -0.15) is 0 Å². The number of H-pyrrole nitrogens is 1. The highest BCUT2D eigenvalue weighted by molar-refractivity contribution is 5.89. The van der Waals surface area contributed by atoms with Gasteiger partial charge in [-0.1, -0.05) is 12.1 Å². The minimum absolute atomic E-state index is 0.0111. The van der Waals surface area contributed by atoms with Gasteiger partial charge < -0.3 is 24.4 Å². The minimum atomic E-state index is -0.300. The average Bonchev–Trinajstić information content (AvgIpc) is 3.44. The monoisotopic (exact) mass is 464 g/mol. The first kappa shape index (κ1) is 22.3. The summed E-state index contributed by atoms with van der Waals surface area (Å²) in [4.78, 5) is 34.8. The van der Waals surface area contributed by atoms with Crippen LogP contribution in [0.2, 0.25) is 0 Å². The van der Waals surface area contributed by atoms with Gasteiger partial charge >= 0.3 is 0 Å². The summed E-state index contributed by atoms with van der Waals surface area (Å²) in [5, 5.41) is 0.840. The Bertz CT molecular complexity index is 1200. The van der Waals surface area contributed by atoms with Gasteiger partial charge in [0, 0.05) is 62.8 Å². The van der Waals surface area contributed by atoms with E-state index < -0.39 is 0 Å². The van der Waals surface area contributed by atoms with Gasteiger partial charge in [0.25, 0.3) is 0 Å². The number of hydrogen-bond acceptors (Lipinski definition) is 4. The van der Waals surface area contributed by atoms with Crippen LogP contribution in [-0.4, -0.2) is 73.0 Å². The number of piperazine rings is 1. The molecule has 5 rings (SSSR count). The topological polar surface area (TPSA) is 68.9 Å². The zero-order valence-electron chi connectivity index (χ0n) is 19.3. The molecule has 2 saturated heterocycles. The van der Waals surface area contributed by atoms with Gasteiger partial charge in [0.1, 0.15) is 11.6 Å². The summed E-state index contributed by atoms with van der Waals surface area (Å²) in [6, 6.07) is 12.6. The number of hydrogen-bond donors (Lipinski definition) is 1. The Morgan fingerprint density at radius 2 is 1.94 bits per heavy atom. The number of aromatic nitrogens is 1. The number of halogens is 1. The molecule has 3 aromatic rings. The standard InChI is InChI=1S/C26H29FN4O3/c1-34-24-5-3-2-4-23(24)29-10-12-30(13-11-29)26(33)19-14-25(32)31(17-19)9-8-18-16-28-22-7-6-20(27)15-21(18)22/h2-7,15-16,19,28H,8-14,17H2,1H3/t19-/m1/s1. The fourth-order valence-corrected chi connectivity index (χ4v) is 5.08. The molecule has 7 nitrogen and oxygen atoms in total. The van der Waals surface area contributed by atoms with Crippen LogP contribution in [0.25, 0.3) is 10.9 Å². The normalized spacial score (nSPS) is 18.7. The van der Waals surface area contributed by atoms with E-state index >= 15 is 0 Å². The van der Waals surface area contributed by atoms with E-state index in [2.05, 4.69) is 9.88 Å². The van der Waals surface area contributed by atoms with Crippen LogP contribution in [0.15, 0.2) is 48.7 Å². The number of ether oxygens (including phenoxy) is 1. The molecule has 0 spiro atoms. The van der Waals surface area contributed by atoms with Crippen LogP contribution in [0.3, 0.4) is 0 Å². The third-order valence-corrected chi connectivity index (χ3v) is 6.96. The first-order valence-corrected chi connectivity index (χ1v) is 11.7. The summed E-state index contributed by atoms with van der Waals surface area (Å²) in [7, 11) is 1.66. The number of likely N-dealkylation sites (tertiary alicyclic amines) is 1. The molecule has 0 aliphatic carbocycles. The largest absolute Gasteiger partial charge is 0.495 e. The molecule has 2 aromatic carbocycles. The maximum absolute atomic E-state index is 13.6.